The molecule has 0 spiro atoms. The molecule has 1 heterocycles. The van der Waals surface area contributed by atoms with Crippen molar-refractivity contribution in [3.05, 3.63) is 30.1 Å². The largest absolute Gasteiger partial charge is 0.493 e. The van der Waals surface area contributed by atoms with Crippen molar-refractivity contribution in [1.29, 1.82) is 0 Å². The number of hydrogen-bond acceptors (Lipinski definition) is 3. The minimum atomic E-state index is -0.963. The number of aliphatic carboxylic acids is 1. The monoisotopic (exact) mass is 281 g/mol. The lowest BCUT2D eigenvalue weighted by molar-refractivity contribution is -0.148. The molecule has 0 bridgehead atoms. The predicted octanol–water partition coefficient (Wildman–Crippen LogP) is 1.67. The molecule has 1 aliphatic heterocycles. The highest BCUT2D eigenvalue weighted by molar-refractivity contribution is 5.84. The Morgan fingerprint density at radius 1 is 1.35 bits per heavy atom. The highest BCUT2D eigenvalue weighted by Gasteiger charge is 2.33. The van der Waals surface area contributed by atoms with Crippen LogP contribution in [-0.2, 0) is 9.59 Å². The predicted molar refractivity (Wildman–Crippen MR) is 68.9 cm³/mol. The van der Waals surface area contributed by atoms with Crippen molar-refractivity contribution in [3.63, 3.8) is 0 Å². The van der Waals surface area contributed by atoms with Gasteiger partial charge >= 0.3 is 5.97 Å². The molecule has 6 heteroatoms. The highest BCUT2D eigenvalue weighted by Crippen LogP contribution is 2.18. The average molecular weight is 281 g/mol. The number of carboxylic acids is 1. The summed E-state index contributed by atoms with van der Waals surface area (Å²) in [6, 6.07) is 4.80. The van der Waals surface area contributed by atoms with Gasteiger partial charge in [-0.15, -0.1) is 0 Å². The number of nitrogens with zero attached hydrogens (tertiary/aromatic N) is 1. The molecule has 1 aromatic carbocycles. The van der Waals surface area contributed by atoms with Crippen molar-refractivity contribution >= 4 is 11.9 Å². The zero-order valence-corrected chi connectivity index (χ0v) is 10.9. The van der Waals surface area contributed by atoms with E-state index in [4.69, 9.17) is 9.84 Å². The summed E-state index contributed by atoms with van der Waals surface area (Å²) >= 11 is 0. The van der Waals surface area contributed by atoms with Gasteiger partial charge in [0.1, 0.15) is 17.6 Å². The molecular formula is C14H16FNO4. The van der Waals surface area contributed by atoms with Gasteiger partial charge in [0.05, 0.1) is 13.0 Å². The molecule has 0 aliphatic carbocycles. The van der Waals surface area contributed by atoms with Crippen LogP contribution in [0.1, 0.15) is 19.3 Å². The number of carbonyl (C=O) groups is 2. The smallest absolute Gasteiger partial charge is 0.326 e. The maximum Gasteiger partial charge on any atom is 0.326 e. The normalized spacial score (nSPS) is 18.1. The first kappa shape index (κ1) is 14.3. The van der Waals surface area contributed by atoms with Crippen LogP contribution in [0.3, 0.4) is 0 Å². The van der Waals surface area contributed by atoms with Gasteiger partial charge in [-0.3, -0.25) is 4.79 Å². The average Bonchev–Trinajstić information content (AvgIpc) is 2.90. The van der Waals surface area contributed by atoms with E-state index >= 15 is 0 Å². The van der Waals surface area contributed by atoms with E-state index in [9.17, 15) is 14.0 Å². The van der Waals surface area contributed by atoms with Crippen LogP contribution in [0.4, 0.5) is 4.39 Å². The summed E-state index contributed by atoms with van der Waals surface area (Å²) in [7, 11) is 0. The third-order valence-electron chi connectivity index (χ3n) is 3.26. The zero-order chi connectivity index (χ0) is 14.5. The minimum absolute atomic E-state index is 0.112. The second-order valence-electron chi connectivity index (χ2n) is 4.64. The van der Waals surface area contributed by atoms with Gasteiger partial charge in [-0.1, -0.05) is 0 Å². The zero-order valence-electron chi connectivity index (χ0n) is 10.9. The summed E-state index contributed by atoms with van der Waals surface area (Å²) in [5, 5.41) is 9.00. The molecule has 108 valence electrons. The van der Waals surface area contributed by atoms with Crippen molar-refractivity contribution in [2.75, 3.05) is 13.2 Å². The van der Waals surface area contributed by atoms with Crippen LogP contribution in [0.5, 0.6) is 5.75 Å². The lowest BCUT2D eigenvalue weighted by atomic mass is 10.2. The van der Waals surface area contributed by atoms with Crippen LogP contribution in [0.25, 0.3) is 0 Å². The maximum absolute atomic E-state index is 12.7. The number of ether oxygens (including phenoxy) is 1. The fraction of sp³-hybridized carbons (Fsp3) is 0.429. The Kier molecular flexibility index (Phi) is 4.55. The van der Waals surface area contributed by atoms with E-state index < -0.39 is 12.0 Å². The summed E-state index contributed by atoms with van der Waals surface area (Å²) < 4.78 is 18.0. The maximum atomic E-state index is 12.7. The number of benzene rings is 1. The Morgan fingerprint density at radius 2 is 2.05 bits per heavy atom. The van der Waals surface area contributed by atoms with Gasteiger partial charge in [0, 0.05) is 6.54 Å². The molecule has 0 aromatic heterocycles. The summed E-state index contributed by atoms with van der Waals surface area (Å²) in [5.41, 5.74) is 0. The lowest BCUT2D eigenvalue weighted by Gasteiger charge is -2.21. The van der Waals surface area contributed by atoms with Gasteiger partial charge in [0.25, 0.3) is 0 Å². The number of halogens is 1. The fourth-order valence-corrected chi connectivity index (χ4v) is 2.25. The number of carboxylic acid groups (broad SMARTS) is 1. The third kappa shape index (κ3) is 3.46. The molecule has 1 aliphatic rings. The minimum Gasteiger partial charge on any atom is -0.493 e. The second-order valence-corrected chi connectivity index (χ2v) is 4.64. The van der Waals surface area contributed by atoms with Gasteiger partial charge in [-0.2, -0.15) is 0 Å². The first-order chi connectivity index (χ1) is 9.58. The topological polar surface area (TPSA) is 66.8 Å². The lowest BCUT2D eigenvalue weighted by Crippen LogP contribution is -2.40. The van der Waals surface area contributed by atoms with Gasteiger partial charge < -0.3 is 14.7 Å². The fourth-order valence-electron chi connectivity index (χ4n) is 2.25. The molecule has 1 N–H and O–H groups in total. The van der Waals surface area contributed by atoms with Crippen LogP contribution in [0.2, 0.25) is 0 Å². The molecule has 5 nitrogen and oxygen atoms in total. The summed E-state index contributed by atoms with van der Waals surface area (Å²) in [6.45, 7) is 0.625. The molecule has 1 aromatic rings. The van der Waals surface area contributed by atoms with Crippen molar-refractivity contribution in [3.8, 4) is 5.75 Å². The number of carbonyl (C=O) groups excluding carboxylic acids is 1. The number of likely N-dealkylation sites (tertiary alicyclic amines) is 1. The van der Waals surface area contributed by atoms with E-state index in [1.807, 2.05) is 0 Å². The van der Waals surface area contributed by atoms with Gasteiger partial charge in [-0.25, -0.2) is 9.18 Å². The van der Waals surface area contributed by atoms with Crippen molar-refractivity contribution in [2.45, 2.75) is 25.3 Å². The first-order valence-corrected chi connectivity index (χ1v) is 6.48. The van der Waals surface area contributed by atoms with E-state index in [2.05, 4.69) is 0 Å². The Balaban J connectivity index is 1.80. The molecule has 20 heavy (non-hydrogen) atoms. The number of rotatable bonds is 5. The van der Waals surface area contributed by atoms with Gasteiger partial charge in [0.2, 0.25) is 5.91 Å². The van der Waals surface area contributed by atoms with Crippen LogP contribution >= 0.6 is 0 Å². The van der Waals surface area contributed by atoms with Crippen LogP contribution < -0.4 is 4.74 Å². The molecule has 1 saturated heterocycles. The van der Waals surface area contributed by atoms with E-state index in [0.717, 1.165) is 0 Å². The Bertz CT molecular complexity index is 488. The third-order valence-corrected chi connectivity index (χ3v) is 3.26. The van der Waals surface area contributed by atoms with E-state index in [1.165, 1.54) is 29.2 Å². The Morgan fingerprint density at radius 3 is 2.70 bits per heavy atom. The molecular weight excluding hydrogens is 265 g/mol. The van der Waals surface area contributed by atoms with E-state index in [0.29, 0.717) is 25.1 Å². The number of hydrogen-bond donors (Lipinski definition) is 1. The van der Waals surface area contributed by atoms with Gasteiger partial charge in [0.15, 0.2) is 0 Å². The van der Waals surface area contributed by atoms with Gasteiger partial charge in [-0.05, 0) is 37.1 Å². The van der Waals surface area contributed by atoms with Crippen molar-refractivity contribution < 1.29 is 23.8 Å². The Hall–Kier alpha value is -2.11. The molecule has 1 unspecified atom stereocenters. The standard InChI is InChI=1S/C14H16FNO4/c15-10-3-5-11(6-4-10)20-9-7-13(17)16-8-1-2-12(16)14(18)19/h3-6,12H,1-2,7-9H2,(H,18,19). The SMILES string of the molecule is O=C(O)C1CCCN1C(=O)CCOc1ccc(F)cc1. The Labute approximate surface area is 116 Å². The molecule has 2 rings (SSSR count). The first-order valence-electron chi connectivity index (χ1n) is 6.48. The molecule has 0 saturated carbocycles. The van der Waals surface area contributed by atoms with E-state index in [-0.39, 0.29) is 24.8 Å². The second kappa shape index (κ2) is 6.36. The van der Waals surface area contributed by atoms with Crippen molar-refractivity contribution in [2.24, 2.45) is 0 Å². The van der Waals surface area contributed by atoms with Crippen molar-refractivity contribution in [1.82, 2.24) is 4.90 Å². The summed E-state index contributed by atoms with van der Waals surface area (Å²) in [5.74, 6) is -1.06. The molecule has 1 fully saturated rings. The molecule has 0 radical (unpaired) electrons. The summed E-state index contributed by atoms with van der Waals surface area (Å²) in [6.07, 6.45) is 1.32. The van der Waals surface area contributed by atoms with Crippen LogP contribution in [-0.4, -0.2) is 41.1 Å². The van der Waals surface area contributed by atoms with E-state index in [1.54, 1.807) is 0 Å². The summed E-state index contributed by atoms with van der Waals surface area (Å²) in [4.78, 5) is 24.3. The molecule has 1 atom stereocenters. The van der Waals surface area contributed by atoms with Crippen LogP contribution in [0, 0.1) is 5.82 Å². The van der Waals surface area contributed by atoms with Crippen LogP contribution in [0.15, 0.2) is 24.3 Å². The highest BCUT2D eigenvalue weighted by atomic mass is 19.1. The quantitative estimate of drug-likeness (QED) is 0.891. The number of amides is 1. The molecule has 1 amide bonds.